The number of aromatic nitrogens is 4. The number of halogens is 1. The standard InChI is InChI=1S/C20H23BrN6O3S2/c1-11-16(18(29)26(3)4)32-19(22-11)23-15(28)10-31-20-25-24-17(27(20)5)12(2)30-14-8-6-13(21)7-9-14/h6-9,12H,10H2,1-5H3,(H,22,23,28). The highest BCUT2D eigenvalue weighted by atomic mass is 79.9. The molecule has 2 aromatic heterocycles. The van der Waals surface area contributed by atoms with E-state index in [1.54, 1.807) is 21.0 Å². The smallest absolute Gasteiger partial charge is 0.265 e. The number of aryl methyl sites for hydroxylation is 1. The molecule has 0 saturated carbocycles. The van der Waals surface area contributed by atoms with Crippen molar-refractivity contribution in [2.75, 3.05) is 25.2 Å². The van der Waals surface area contributed by atoms with Gasteiger partial charge in [-0.15, -0.1) is 10.2 Å². The molecule has 3 rings (SSSR count). The van der Waals surface area contributed by atoms with E-state index in [0.717, 1.165) is 21.6 Å². The summed E-state index contributed by atoms with van der Waals surface area (Å²) in [5.74, 6) is 1.13. The number of hydrogen-bond donors (Lipinski definition) is 1. The molecule has 1 N–H and O–H groups in total. The molecule has 0 bridgehead atoms. The summed E-state index contributed by atoms with van der Waals surface area (Å²) >= 11 is 5.82. The van der Waals surface area contributed by atoms with E-state index in [-0.39, 0.29) is 23.7 Å². The summed E-state index contributed by atoms with van der Waals surface area (Å²) in [6.07, 6.45) is -0.317. The highest BCUT2D eigenvalue weighted by molar-refractivity contribution is 9.10. The lowest BCUT2D eigenvalue weighted by Gasteiger charge is -2.14. The molecule has 0 aliphatic carbocycles. The number of nitrogens with zero attached hydrogens (tertiary/aromatic N) is 5. The minimum atomic E-state index is -0.317. The first kappa shape index (κ1) is 24.2. The van der Waals surface area contributed by atoms with E-state index in [0.29, 0.717) is 26.7 Å². The van der Waals surface area contributed by atoms with Crippen LogP contribution in [0.4, 0.5) is 5.13 Å². The number of thioether (sulfide) groups is 1. The van der Waals surface area contributed by atoms with Gasteiger partial charge < -0.3 is 19.5 Å². The fourth-order valence-electron chi connectivity index (χ4n) is 2.71. The highest BCUT2D eigenvalue weighted by Gasteiger charge is 2.20. The first-order chi connectivity index (χ1) is 15.2. The van der Waals surface area contributed by atoms with Gasteiger partial charge >= 0.3 is 0 Å². The van der Waals surface area contributed by atoms with Crippen LogP contribution in [-0.4, -0.2) is 56.3 Å². The summed E-state index contributed by atoms with van der Waals surface area (Å²) < 4.78 is 8.72. The van der Waals surface area contributed by atoms with Gasteiger partial charge in [-0.25, -0.2) is 4.98 Å². The molecular weight excluding hydrogens is 516 g/mol. The number of nitrogens with one attached hydrogen (secondary N) is 1. The predicted octanol–water partition coefficient (Wildman–Crippen LogP) is 3.92. The van der Waals surface area contributed by atoms with Crippen LogP contribution in [0, 0.1) is 6.92 Å². The lowest BCUT2D eigenvalue weighted by Crippen LogP contribution is -2.21. The minimum absolute atomic E-state index is 0.128. The van der Waals surface area contributed by atoms with Crippen molar-refractivity contribution in [2.24, 2.45) is 7.05 Å². The van der Waals surface area contributed by atoms with Gasteiger partial charge in [0, 0.05) is 25.6 Å². The summed E-state index contributed by atoms with van der Waals surface area (Å²) in [5.41, 5.74) is 0.592. The van der Waals surface area contributed by atoms with Crippen LogP contribution in [0.5, 0.6) is 5.75 Å². The Balaban J connectivity index is 1.57. The fraction of sp³-hybridized carbons (Fsp3) is 0.350. The lowest BCUT2D eigenvalue weighted by molar-refractivity contribution is -0.113. The Bertz CT molecular complexity index is 1110. The first-order valence-corrected chi connectivity index (χ1v) is 12.2. The number of thiazole rings is 1. The third-order valence-electron chi connectivity index (χ3n) is 4.33. The molecule has 9 nitrogen and oxygen atoms in total. The highest BCUT2D eigenvalue weighted by Crippen LogP contribution is 2.26. The van der Waals surface area contributed by atoms with Gasteiger partial charge in [-0.2, -0.15) is 0 Å². The largest absolute Gasteiger partial charge is 0.483 e. The molecule has 0 aliphatic rings. The van der Waals surface area contributed by atoms with Crippen molar-refractivity contribution < 1.29 is 14.3 Å². The van der Waals surface area contributed by atoms with Crippen molar-refractivity contribution in [3.8, 4) is 5.75 Å². The zero-order valence-corrected chi connectivity index (χ0v) is 21.5. The molecule has 0 radical (unpaired) electrons. The zero-order chi connectivity index (χ0) is 23.4. The normalized spacial score (nSPS) is 11.8. The second-order valence-corrected chi connectivity index (χ2v) is 9.94. The molecule has 0 saturated heterocycles. The first-order valence-electron chi connectivity index (χ1n) is 9.59. The van der Waals surface area contributed by atoms with E-state index >= 15 is 0 Å². The van der Waals surface area contributed by atoms with Crippen molar-refractivity contribution in [3.63, 3.8) is 0 Å². The van der Waals surface area contributed by atoms with Crippen molar-refractivity contribution in [1.82, 2.24) is 24.6 Å². The molecule has 2 heterocycles. The van der Waals surface area contributed by atoms with Crippen LogP contribution in [0.15, 0.2) is 33.9 Å². The van der Waals surface area contributed by atoms with E-state index in [1.807, 2.05) is 42.8 Å². The second-order valence-electron chi connectivity index (χ2n) is 7.08. The van der Waals surface area contributed by atoms with Gasteiger partial charge in [0.25, 0.3) is 5.91 Å². The van der Waals surface area contributed by atoms with Crippen LogP contribution in [0.3, 0.4) is 0 Å². The Morgan fingerprint density at radius 2 is 1.97 bits per heavy atom. The summed E-state index contributed by atoms with van der Waals surface area (Å²) in [5, 5.41) is 12.1. The zero-order valence-electron chi connectivity index (χ0n) is 18.2. The van der Waals surface area contributed by atoms with Crippen LogP contribution in [0.1, 0.15) is 34.2 Å². The monoisotopic (exact) mass is 538 g/mol. The molecule has 12 heteroatoms. The van der Waals surface area contributed by atoms with Gasteiger partial charge in [-0.3, -0.25) is 9.59 Å². The fourth-order valence-corrected chi connectivity index (χ4v) is 4.70. The number of carbonyl (C=O) groups is 2. The molecule has 0 aliphatic heterocycles. The molecule has 1 unspecified atom stereocenters. The predicted molar refractivity (Wildman–Crippen MR) is 128 cm³/mol. The SMILES string of the molecule is Cc1nc(NC(=O)CSc2nnc(C(C)Oc3ccc(Br)cc3)n2C)sc1C(=O)N(C)C. The molecule has 170 valence electrons. The summed E-state index contributed by atoms with van der Waals surface area (Å²) in [6, 6.07) is 7.55. The van der Waals surface area contributed by atoms with Gasteiger partial charge in [0.15, 0.2) is 22.2 Å². The Kier molecular flexibility index (Phi) is 7.91. The Hall–Kier alpha value is -2.44. The number of amides is 2. The second kappa shape index (κ2) is 10.5. The van der Waals surface area contributed by atoms with Crippen LogP contribution in [-0.2, 0) is 11.8 Å². The summed E-state index contributed by atoms with van der Waals surface area (Å²) in [7, 11) is 5.19. The average molecular weight is 539 g/mol. The maximum atomic E-state index is 12.4. The summed E-state index contributed by atoms with van der Waals surface area (Å²) in [4.78, 5) is 30.8. The van der Waals surface area contributed by atoms with Gasteiger partial charge in [0.05, 0.1) is 11.4 Å². The molecular formula is C20H23BrN6O3S2. The minimum Gasteiger partial charge on any atom is -0.483 e. The molecule has 0 fully saturated rings. The number of carbonyl (C=O) groups excluding carboxylic acids is 2. The van der Waals surface area contributed by atoms with Gasteiger partial charge in [0.2, 0.25) is 5.91 Å². The van der Waals surface area contributed by atoms with E-state index in [4.69, 9.17) is 4.74 Å². The molecule has 0 spiro atoms. The maximum Gasteiger partial charge on any atom is 0.265 e. The van der Waals surface area contributed by atoms with Gasteiger partial charge in [-0.05, 0) is 38.1 Å². The van der Waals surface area contributed by atoms with Crippen LogP contribution >= 0.6 is 39.0 Å². The molecule has 3 aromatic rings. The number of hydrogen-bond acceptors (Lipinski definition) is 8. The van der Waals surface area contributed by atoms with Crippen molar-refractivity contribution in [3.05, 3.63) is 45.1 Å². The molecule has 1 atom stereocenters. The number of anilines is 1. The van der Waals surface area contributed by atoms with Crippen molar-refractivity contribution in [2.45, 2.75) is 25.1 Å². The van der Waals surface area contributed by atoms with E-state index in [2.05, 4.69) is 36.4 Å². The number of rotatable bonds is 8. The van der Waals surface area contributed by atoms with Crippen LogP contribution < -0.4 is 10.1 Å². The molecule has 1 aromatic carbocycles. The third kappa shape index (κ3) is 5.87. The number of benzene rings is 1. The lowest BCUT2D eigenvalue weighted by atomic mass is 10.3. The quantitative estimate of drug-likeness (QED) is 0.433. The maximum absolute atomic E-state index is 12.4. The van der Waals surface area contributed by atoms with Crippen LogP contribution in [0.25, 0.3) is 0 Å². The van der Waals surface area contributed by atoms with E-state index in [9.17, 15) is 9.59 Å². The van der Waals surface area contributed by atoms with Gasteiger partial charge in [0.1, 0.15) is 10.6 Å². The van der Waals surface area contributed by atoms with E-state index in [1.165, 1.54) is 16.7 Å². The van der Waals surface area contributed by atoms with Crippen LogP contribution in [0.2, 0.25) is 0 Å². The average Bonchev–Trinajstić information content (AvgIpc) is 3.29. The van der Waals surface area contributed by atoms with Crippen molar-refractivity contribution in [1.29, 1.82) is 0 Å². The topological polar surface area (TPSA) is 102 Å². The third-order valence-corrected chi connectivity index (χ3v) is 6.94. The summed E-state index contributed by atoms with van der Waals surface area (Å²) in [6.45, 7) is 3.64. The van der Waals surface area contributed by atoms with E-state index < -0.39 is 0 Å². The Morgan fingerprint density at radius 1 is 1.28 bits per heavy atom. The molecule has 32 heavy (non-hydrogen) atoms. The van der Waals surface area contributed by atoms with Gasteiger partial charge in [-0.1, -0.05) is 39.0 Å². The Labute approximate surface area is 202 Å². The number of ether oxygens (including phenoxy) is 1. The molecule has 2 amide bonds. The van der Waals surface area contributed by atoms with Crippen molar-refractivity contribution >= 4 is 56.0 Å². The Morgan fingerprint density at radius 3 is 2.62 bits per heavy atom.